The molecule has 3 heteroatoms. The number of ketones is 1. The lowest BCUT2D eigenvalue weighted by molar-refractivity contribution is -0.118. The summed E-state index contributed by atoms with van der Waals surface area (Å²) >= 11 is 0. The van der Waals surface area contributed by atoms with E-state index in [0.29, 0.717) is 19.3 Å². The second kappa shape index (κ2) is 4.59. The summed E-state index contributed by atoms with van der Waals surface area (Å²) in [7, 11) is 0. The van der Waals surface area contributed by atoms with Crippen molar-refractivity contribution >= 4 is 5.78 Å². The molecule has 1 rings (SSSR count). The van der Waals surface area contributed by atoms with Gasteiger partial charge in [0.25, 0.3) is 0 Å². The second-order valence-corrected chi connectivity index (χ2v) is 2.56. The van der Waals surface area contributed by atoms with E-state index in [9.17, 15) is 4.79 Å². The Labute approximate surface area is 71.9 Å². The number of Topliss-reactive ketones (excluding diaryl/α,β-unsaturated/α-hetero) is 1. The lowest BCUT2D eigenvalue weighted by Crippen LogP contribution is -2.00. The molecule has 0 saturated heterocycles. The predicted molar refractivity (Wildman–Crippen MR) is 45.7 cm³/mol. The molecule has 0 atom stereocenters. The number of carbonyl (C=O) groups excluding carboxylic acids is 1. The van der Waals surface area contributed by atoms with Gasteiger partial charge in [0.1, 0.15) is 11.6 Å². The smallest absolute Gasteiger partial charge is 0.133 e. The van der Waals surface area contributed by atoms with E-state index in [1.165, 1.54) is 0 Å². The fraction of sp³-hybridized carbons (Fsp3) is 0.444. The number of rotatable bonds is 4. The number of hydrogen-bond donors (Lipinski definition) is 0. The predicted octanol–water partition coefficient (Wildman–Crippen LogP) is 1.39. The highest BCUT2D eigenvalue weighted by Gasteiger charge is 2.00. The van der Waals surface area contributed by atoms with Crippen molar-refractivity contribution in [2.45, 2.75) is 26.2 Å². The molecule has 0 aliphatic carbocycles. The number of carbonyl (C=O) groups is 1. The van der Waals surface area contributed by atoms with Gasteiger partial charge in [-0.1, -0.05) is 6.92 Å². The van der Waals surface area contributed by atoms with Gasteiger partial charge < -0.3 is 0 Å². The average Bonchev–Trinajstić information content (AvgIpc) is 2.16. The van der Waals surface area contributed by atoms with Crippen LogP contribution < -0.4 is 0 Å². The van der Waals surface area contributed by atoms with Crippen molar-refractivity contribution in [3.63, 3.8) is 0 Å². The lowest BCUT2D eigenvalue weighted by atomic mass is 10.2. The third kappa shape index (κ3) is 2.78. The SMILES string of the molecule is CCC(=O)CCc1ncccn1. The highest BCUT2D eigenvalue weighted by Crippen LogP contribution is 1.96. The van der Waals surface area contributed by atoms with Gasteiger partial charge in [-0.05, 0) is 6.07 Å². The van der Waals surface area contributed by atoms with Crippen LogP contribution in [0.4, 0.5) is 0 Å². The molecule has 12 heavy (non-hydrogen) atoms. The van der Waals surface area contributed by atoms with Crippen LogP contribution in [-0.2, 0) is 11.2 Å². The Balaban J connectivity index is 2.38. The molecule has 1 aromatic rings. The molecule has 0 amide bonds. The first-order valence-corrected chi connectivity index (χ1v) is 4.10. The third-order valence-electron chi connectivity index (χ3n) is 1.64. The quantitative estimate of drug-likeness (QED) is 0.675. The van der Waals surface area contributed by atoms with Crippen LogP contribution in [0.2, 0.25) is 0 Å². The van der Waals surface area contributed by atoms with Gasteiger partial charge in [-0.25, -0.2) is 9.97 Å². The Bertz CT molecular complexity index is 246. The number of aryl methyl sites for hydroxylation is 1. The van der Waals surface area contributed by atoms with E-state index < -0.39 is 0 Å². The topological polar surface area (TPSA) is 42.9 Å². The highest BCUT2D eigenvalue weighted by molar-refractivity contribution is 5.78. The van der Waals surface area contributed by atoms with Crippen LogP contribution in [0.3, 0.4) is 0 Å². The second-order valence-electron chi connectivity index (χ2n) is 2.56. The summed E-state index contributed by atoms with van der Waals surface area (Å²) in [5.41, 5.74) is 0. The van der Waals surface area contributed by atoms with Crippen LogP contribution in [0.1, 0.15) is 25.6 Å². The molecule has 0 aromatic carbocycles. The lowest BCUT2D eigenvalue weighted by Gasteiger charge is -1.96. The van der Waals surface area contributed by atoms with Crippen molar-refractivity contribution in [2.24, 2.45) is 0 Å². The van der Waals surface area contributed by atoms with E-state index in [-0.39, 0.29) is 5.78 Å². The number of hydrogen-bond acceptors (Lipinski definition) is 3. The Hall–Kier alpha value is -1.25. The van der Waals surface area contributed by atoms with Crippen LogP contribution in [0.25, 0.3) is 0 Å². The monoisotopic (exact) mass is 164 g/mol. The van der Waals surface area contributed by atoms with Crippen LogP contribution in [0, 0.1) is 0 Å². The molecule has 0 aliphatic rings. The van der Waals surface area contributed by atoms with Gasteiger partial charge in [0, 0.05) is 31.7 Å². The standard InChI is InChI=1S/C9H12N2O/c1-2-8(12)4-5-9-10-6-3-7-11-9/h3,6-7H,2,4-5H2,1H3. The van der Waals surface area contributed by atoms with Crippen LogP contribution in [-0.4, -0.2) is 15.8 Å². The maximum atomic E-state index is 10.9. The summed E-state index contributed by atoms with van der Waals surface area (Å²) in [4.78, 5) is 19.0. The molecule has 64 valence electrons. The summed E-state index contributed by atoms with van der Waals surface area (Å²) in [6.45, 7) is 1.87. The largest absolute Gasteiger partial charge is 0.300 e. The van der Waals surface area contributed by atoms with Gasteiger partial charge in [-0.15, -0.1) is 0 Å². The van der Waals surface area contributed by atoms with Crippen LogP contribution in [0.5, 0.6) is 0 Å². The maximum Gasteiger partial charge on any atom is 0.133 e. The maximum absolute atomic E-state index is 10.9. The first-order chi connectivity index (χ1) is 5.83. The first-order valence-electron chi connectivity index (χ1n) is 4.10. The van der Waals surface area contributed by atoms with Crippen LogP contribution in [0.15, 0.2) is 18.5 Å². The molecule has 0 fully saturated rings. The zero-order chi connectivity index (χ0) is 8.81. The molecule has 0 bridgehead atoms. The molecule has 0 aliphatic heterocycles. The highest BCUT2D eigenvalue weighted by atomic mass is 16.1. The summed E-state index contributed by atoms with van der Waals surface area (Å²) < 4.78 is 0. The van der Waals surface area contributed by atoms with E-state index >= 15 is 0 Å². The van der Waals surface area contributed by atoms with E-state index in [4.69, 9.17) is 0 Å². The van der Waals surface area contributed by atoms with Crippen molar-refractivity contribution in [2.75, 3.05) is 0 Å². The Kier molecular flexibility index (Phi) is 3.38. The molecule has 0 spiro atoms. The minimum absolute atomic E-state index is 0.266. The number of nitrogens with zero attached hydrogens (tertiary/aromatic N) is 2. The van der Waals surface area contributed by atoms with Gasteiger partial charge in [-0.3, -0.25) is 4.79 Å². The van der Waals surface area contributed by atoms with Crippen molar-refractivity contribution in [1.29, 1.82) is 0 Å². The van der Waals surface area contributed by atoms with Crippen LogP contribution >= 0.6 is 0 Å². The van der Waals surface area contributed by atoms with Gasteiger partial charge >= 0.3 is 0 Å². The summed E-state index contributed by atoms with van der Waals surface area (Å²) in [6.07, 6.45) is 5.21. The normalized spacial score (nSPS) is 9.75. The van der Waals surface area contributed by atoms with Gasteiger partial charge in [0.15, 0.2) is 0 Å². The molecule has 1 aromatic heterocycles. The zero-order valence-electron chi connectivity index (χ0n) is 7.16. The molecule has 0 saturated carbocycles. The Morgan fingerprint density at radius 2 is 2.08 bits per heavy atom. The first kappa shape index (κ1) is 8.84. The average molecular weight is 164 g/mol. The minimum Gasteiger partial charge on any atom is -0.300 e. The minimum atomic E-state index is 0.266. The van der Waals surface area contributed by atoms with Gasteiger partial charge in [-0.2, -0.15) is 0 Å². The fourth-order valence-corrected chi connectivity index (χ4v) is 0.887. The molecular formula is C9H12N2O. The summed E-state index contributed by atoms with van der Waals surface area (Å²) in [5, 5.41) is 0. The van der Waals surface area contributed by atoms with E-state index in [1.54, 1.807) is 18.5 Å². The third-order valence-corrected chi connectivity index (χ3v) is 1.64. The molecule has 1 heterocycles. The van der Waals surface area contributed by atoms with Crippen molar-refractivity contribution in [3.8, 4) is 0 Å². The number of aromatic nitrogens is 2. The molecule has 0 unspecified atom stereocenters. The van der Waals surface area contributed by atoms with Gasteiger partial charge in [0.05, 0.1) is 0 Å². The molecule has 0 radical (unpaired) electrons. The van der Waals surface area contributed by atoms with Crippen molar-refractivity contribution < 1.29 is 4.79 Å². The summed E-state index contributed by atoms with van der Waals surface area (Å²) in [6, 6.07) is 1.77. The Morgan fingerprint density at radius 1 is 1.42 bits per heavy atom. The Morgan fingerprint density at radius 3 is 2.67 bits per heavy atom. The van der Waals surface area contributed by atoms with Crippen molar-refractivity contribution in [3.05, 3.63) is 24.3 Å². The van der Waals surface area contributed by atoms with E-state index in [0.717, 1.165) is 5.82 Å². The van der Waals surface area contributed by atoms with Crippen molar-refractivity contribution in [1.82, 2.24) is 9.97 Å². The molecule has 0 N–H and O–H groups in total. The van der Waals surface area contributed by atoms with E-state index in [1.807, 2.05) is 6.92 Å². The van der Waals surface area contributed by atoms with E-state index in [2.05, 4.69) is 9.97 Å². The molecule has 3 nitrogen and oxygen atoms in total. The fourth-order valence-electron chi connectivity index (χ4n) is 0.887. The van der Waals surface area contributed by atoms with Gasteiger partial charge in [0.2, 0.25) is 0 Å². The summed E-state index contributed by atoms with van der Waals surface area (Å²) in [5.74, 6) is 1.02. The molecular weight excluding hydrogens is 152 g/mol. The zero-order valence-corrected chi connectivity index (χ0v) is 7.16.